The van der Waals surface area contributed by atoms with E-state index >= 15 is 0 Å². The molecule has 2 nitrogen and oxygen atoms in total. The fourth-order valence-electron chi connectivity index (χ4n) is 1.48. The van der Waals surface area contributed by atoms with Crippen LogP contribution in [0.1, 0.15) is 5.56 Å². The molecule has 1 aliphatic rings. The Labute approximate surface area is 112 Å². The summed E-state index contributed by atoms with van der Waals surface area (Å²) in [5.74, 6) is -0.781. The molecule has 1 aliphatic carbocycles. The van der Waals surface area contributed by atoms with Crippen LogP contribution in [-0.4, -0.2) is 11.6 Å². The van der Waals surface area contributed by atoms with Gasteiger partial charge in [0, 0.05) is 15.6 Å². The van der Waals surface area contributed by atoms with Gasteiger partial charge in [0.1, 0.15) is 0 Å². The first-order chi connectivity index (χ1) is 8.00. The van der Waals surface area contributed by atoms with Crippen molar-refractivity contribution in [2.75, 3.05) is 0 Å². The monoisotopic (exact) mass is 286 g/mol. The summed E-state index contributed by atoms with van der Waals surface area (Å²) in [6, 6.07) is 4.64. The predicted molar refractivity (Wildman–Crippen MR) is 68.4 cm³/mol. The van der Waals surface area contributed by atoms with Gasteiger partial charge in [0.25, 0.3) is 0 Å². The highest BCUT2D eigenvalue weighted by molar-refractivity contribution is 6.55. The van der Waals surface area contributed by atoms with Crippen molar-refractivity contribution in [2.24, 2.45) is 0 Å². The molecule has 0 saturated heterocycles. The Morgan fingerprint density at radius 1 is 0.882 bits per heavy atom. The molecule has 0 heterocycles. The van der Waals surface area contributed by atoms with Crippen LogP contribution in [0.3, 0.4) is 0 Å². The largest absolute Gasteiger partial charge is 0.289 e. The molecule has 0 spiro atoms. The van der Waals surface area contributed by atoms with E-state index in [9.17, 15) is 9.59 Å². The van der Waals surface area contributed by atoms with Gasteiger partial charge in [-0.15, -0.1) is 0 Å². The second-order valence-electron chi connectivity index (χ2n) is 3.37. The van der Waals surface area contributed by atoms with Crippen LogP contribution in [0.5, 0.6) is 0 Å². The average molecular weight is 288 g/mol. The van der Waals surface area contributed by atoms with Crippen LogP contribution in [0.2, 0.25) is 10.0 Å². The van der Waals surface area contributed by atoms with Crippen molar-refractivity contribution in [3.8, 4) is 0 Å². The number of hydrogen-bond acceptors (Lipinski definition) is 2. The molecule has 86 valence electrons. The lowest BCUT2D eigenvalue weighted by Crippen LogP contribution is -2.10. The average Bonchev–Trinajstić information content (AvgIpc) is 2.29. The molecule has 5 heteroatoms. The van der Waals surface area contributed by atoms with Gasteiger partial charge in [0.05, 0.1) is 10.6 Å². The van der Waals surface area contributed by atoms with Gasteiger partial charge in [-0.2, -0.15) is 0 Å². The number of benzene rings is 1. The zero-order valence-corrected chi connectivity index (χ0v) is 10.6. The minimum Gasteiger partial charge on any atom is -0.289 e. The van der Waals surface area contributed by atoms with Crippen molar-refractivity contribution < 1.29 is 9.59 Å². The van der Waals surface area contributed by atoms with Crippen molar-refractivity contribution in [1.82, 2.24) is 0 Å². The van der Waals surface area contributed by atoms with Crippen molar-refractivity contribution in [2.45, 2.75) is 0 Å². The lowest BCUT2D eigenvalue weighted by Gasteiger charge is -2.12. The highest BCUT2D eigenvalue weighted by Gasteiger charge is 2.24. The summed E-state index contributed by atoms with van der Waals surface area (Å²) in [6.07, 6.45) is 2.30. The summed E-state index contributed by atoms with van der Waals surface area (Å²) in [5, 5.41) is 0.594. The number of rotatable bonds is 1. The number of hydrogen-bond donors (Lipinski definition) is 0. The topological polar surface area (TPSA) is 34.1 Å². The molecule has 0 fully saturated rings. The molecule has 1 aromatic carbocycles. The molecule has 0 atom stereocenters. The van der Waals surface area contributed by atoms with Crippen molar-refractivity contribution >= 4 is 51.9 Å². The second-order valence-corrected chi connectivity index (χ2v) is 4.60. The summed E-state index contributed by atoms with van der Waals surface area (Å²) in [6.45, 7) is 0. The zero-order chi connectivity index (χ0) is 12.6. The molecule has 0 N–H and O–H groups in total. The van der Waals surface area contributed by atoms with Crippen molar-refractivity contribution in [1.29, 1.82) is 0 Å². The van der Waals surface area contributed by atoms with Gasteiger partial charge in [0.15, 0.2) is 11.6 Å². The SMILES string of the molecule is O=C1C=CC(=O)C(c2cc(Cl)ccc2Cl)=C1Cl. The van der Waals surface area contributed by atoms with Crippen molar-refractivity contribution in [3.63, 3.8) is 0 Å². The molecule has 0 unspecified atom stereocenters. The van der Waals surface area contributed by atoms with E-state index in [0.717, 1.165) is 6.08 Å². The Morgan fingerprint density at radius 3 is 2.24 bits per heavy atom. The third-order valence-corrected chi connectivity index (χ3v) is 3.21. The van der Waals surface area contributed by atoms with Crippen LogP contribution in [0.25, 0.3) is 5.57 Å². The van der Waals surface area contributed by atoms with E-state index in [4.69, 9.17) is 34.8 Å². The number of carbonyl (C=O) groups excluding carboxylic acids is 2. The molecule has 0 aromatic heterocycles. The minimum absolute atomic E-state index is 0.0895. The maximum Gasteiger partial charge on any atom is 0.198 e. The van der Waals surface area contributed by atoms with Crippen LogP contribution in [0.4, 0.5) is 0 Å². The molecule has 17 heavy (non-hydrogen) atoms. The van der Waals surface area contributed by atoms with E-state index in [0.29, 0.717) is 15.6 Å². The quantitative estimate of drug-likeness (QED) is 0.739. The molecule has 1 aromatic rings. The van der Waals surface area contributed by atoms with Crippen LogP contribution in [-0.2, 0) is 9.59 Å². The van der Waals surface area contributed by atoms with E-state index in [2.05, 4.69) is 0 Å². The molecule has 0 aliphatic heterocycles. The van der Waals surface area contributed by atoms with Gasteiger partial charge < -0.3 is 0 Å². The molecule has 0 amide bonds. The first-order valence-electron chi connectivity index (χ1n) is 4.62. The lowest BCUT2D eigenvalue weighted by atomic mass is 9.96. The molecule has 0 bridgehead atoms. The van der Waals surface area contributed by atoms with Gasteiger partial charge in [0.2, 0.25) is 0 Å². The molecular formula is C12H5Cl3O2. The van der Waals surface area contributed by atoms with Crippen LogP contribution >= 0.6 is 34.8 Å². The second kappa shape index (κ2) is 4.65. The third kappa shape index (κ3) is 2.29. The number of ketones is 2. The van der Waals surface area contributed by atoms with E-state index in [1.165, 1.54) is 12.1 Å². The fourth-order valence-corrected chi connectivity index (χ4v) is 2.12. The van der Waals surface area contributed by atoms with Crippen molar-refractivity contribution in [3.05, 3.63) is 51.0 Å². The lowest BCUT2D eigenvalue weighted by molar-refractivity contribution is -0.113. The Bertz CT molecular complexity index is 585. The first kappa shape index (κ1) is 12.4. The standard InChI is InChI=1S/C12H5Cl3O2/c13-6-1-2-8(14)7(5-6)11-9(16)3-4-10(17)12(11)15/h1-5H. The van der Waals surface area contributed by atoms with E-state index in [-0.39, 0.29) is 16.4 Å². The zero-order valence-electron chi connectivity index (χ0n) is 8.34. The molecular weight excluding hydrogens is 282 g/mol. The van der Waals surface area contributed by atoms with Crippen LogP contribution in [0, 0.1) is 0 Å². The van der Waals surface area contributed by atoms with Gasteiger partial charge in [-0.05, 0) is 30.4 Å². The Morgan fingerprint density at radius 2 is 1.53 bits per heavy atom. The Hall–Kier alpha value is -1.09. The first-order valence-corrected chi connectivity index (χ1v) is 5.76. The van der Waals surface area contributed by atoms with E-state index in [1.54, 1.807) is 12.1 Å². The third-order valence-electron chi connectivity index (χ3n) is 2.27. The minimum atomic E-state index is -0.419. The van der Waals surface area contributed by atoms with Gasteiger partial charge in [-0.3, -0.25) is 9.59 Å². The molecule has 0 radical (unpaired) electrons. The van der Waals surface area contributed by atoms with E-state index in [1.807, 2.05) is 0 Å². The number of halogens is 3. The Balaban J connectivity index is 2.67. The predicted octanol–water partition coefficient (Wildman–Crippen LogP) is 3.65. The van der Waals surface area contributed by atoms with Crippen LogP contribution < -0.4 is 0 Å². The Kier molecular flexibility index (Phi) is 3.38. The summed E-state index contributed by atoms with van der Waals surface area (Å²) in [5.41, 5.74) is 0.457. The maximum atomic E-state index is 11.7. The summed E-state index contributed by atoms with van der Waals surface area (Å²) < 4.78 is 0. The fraction of sp³-hybridized carbons (Fsp3) is 0. The summed E-state index contributed by atoms with van der Waals surface area (Å²) in [7, 11) is 0. The molecule has 2 rings (SSSR count). The smallest absolute Gasteiger partial charge is 0.198 e. The molecule has 0 saturated carbocycles. The summed E-state index contributed by atoms with van der Waals surface area (Å²) >= 11 is 17.6. The normalized spacial score (nSPS) is 15.7. The van der Waals surface area contributed by atoms with E-state index < -0.39 is 5.78 Å². The number of allylic oxidation sites excluding steroid dienone is 4. The summed E-state index contributed by atoms with van der Waals surface area (Å²) in [4.78, 5) is 23.1. The maximum absolute atomic E-state index is 11.7. The van der Waals surface area contributed by atoms with Gasteiger partial charge >= 0.3 is 0 Å². The number of carbonyl (C=O) groups is 2. The highest BCUT2D eigenvalue weighted by Crippen LogP contribution is 2.33. The van der Waals surface area contributed by atoms with Gasteiger partial charge in [-0.1, -0.05) is 34.8 Å². The van der Waals surface area contributed by atoms with Crippen LogP contribution in [0.15, 0.2) is 35.4 Å². The highest BCUT2D eigenvalue weighted by atomic mass is 35.5. The van der Waals surface area contributed by atoms with Gasteiger partial charge in [-0.25, -0.2) is 0 Å².